The smallest absolute Gasteiger partial charge is 0.274 e. The first kappa shape index (κ1) is 27.5. The Morgan fingerprint density at radius 3 is 2.63 bits per heavy atom. The zero-order chi connectivity index (χ0) is 26.1. The molecule has 1 aliphatic heterocycles. The number of rotatable bonds is 11. The van der Waals surface area contributed by atoms with Gasteiger partial charge in [0.1, 0.15) is 30.3 Å². The molecule has 0 spiro atoms. The maximum atomic E-state index is 13.2. The Balaban J connectivity index is 2.26. The Morgan fingerprint density at radius 1 is 1.31 bits per heavy atom. The van der Waals surface area contributed by atoms with Crippen LogP contribution in [-0.2, 0) is 4.74 Å². The van der Waals surface area contributed by atoms with Gasteiger partial charge in [-0.05, 0) is 36.0 Å². The molecule has 186 valence electrons. The van der Waals surface area contributed by atoms with Crippen LogP contribution in [0.4, 0.5) is 4.39 Å². The fraction of sp³-hybridized carbons (Fsp3) is 0.240. The molecule has 1 aliphatic rings. The van der Waals surface area contributed by atoms with Gasteiger partial charge in [-0.1, -0.05) is 31.9 Å². The standard InChI is InChI=1S/C25H30FN4O4P/c1-6-9-20(7-2)34-13-12-29-16-28(5)30-15-21(23(31)17(3)22(30)25(29)33)24(32)27-14-19(18(4)35)10-8-11-26/h6-11,15H,1-2,4,12-14,16,35H2,3,5H3,(H,27,32)/b11-8+,19-10-,20-9+. The lowest BCUT2D eigenvalue weighted by atomic mass is 10.1. The van der Waals surface area contributed by atoms with Crippen LogP contribution < -0.4 is 15.8 Å². The van der Waals surface area contributed by atoms with Gasteiger partial charge in [-0.25, -0.2) is 4.39 Å². The lowest BCUT2D eigenvalue weighted by Crippen LogP contribution is -2.54. The minimum Gasteiger partial charge on any atom is -0.492 e. The minimum absolute atomic E-state index is 0.0429. The lowest BCUT2D eigenvalue weighted by Gasteiger charge is -2.38. The van der Waals surface area contributed by atoms with Crippen molar-refractivity contribution in [3.63, 3.8) is 0 Å². The Kier molecular flexibility index (Phi) is 9.97. The second kappa shape index (κ2) is 12.7. The average molecular weight is 501 g/mol. The molecule has 2 amide bonds. The van der Waals surface area contributed by atoms with E-state index in [-0.39, 0.29) is 49.1 Å². The van der Waals surface area contributed by atoms with E-state index in [1.807, 2.05) is 0 Å². The molecule has 1 unspecified atom stereocenters. The van der Waals surface area contributed by atoms with Crippen LogP contribution in [0.15, 0.2) is 84.1 Å². The molecule has 35 heavy (non-hydrogen) atoms. The topological polar surface area (TPSA) is 83.9 Å². The van der Waals surface area contributed by atoms with Gasteiger partial charge in [-0.15, -0.1) is 9.24 Å². The molecular formula is C25H30FN4O4P. The number of hydrogen-bond donors (Lipinski definition) is 1. The predicted octanol–water partition coefficient (Wildman–Crippen LogP) is 2.94. The summed E-state index contributed by atoms with van der Waals surface area (Å²) in [5.41, 5.74) is 0.251. The van der Waals surface area contributed by atoms with Crippen LogP contribution in [0.1, 0.15) is 26.4 Å². The van der Waals surface area contributed by atoms with Crippen LogP contribution in [0.2, 0.25) is 0 Å². The van der Waals surface area contributed by atoms with Crippen LogP contribution in [0, 0.1) is 6.92 Å². The first-order valence-electron chi connectivity index (χ1n) is 10.7. The van der Waals surface area contributed by atoms with Crippen molar-refractivity contribution >= 4 is 21.1 Å². The van der Waals surface area contributed by atoms with E-state index in [4.69, 9.17) is 4.74 Å². The number of allylic oxidation sites excluding steroid dienone is 5. The van der Waals surface area contributed by atoms with Gasteiger partial charge in [0.25, 0.3) is 11.8 Å². The van der Waals surface area contributed by atoms with Crippen LogP contribution in [-0.4, -0.2) is 54.8 Å². The van der Waals surface area contributed by atoms with E-state index >= 15 is 0 Å². The van der Waals surface area contributed by atoms with Crippen molar-refractivity contribution in [2.24, 2.45) is 0 Å². The molecule has 0 saturated carbocycles. The van der Waals surface area contributed by atoms with Crippen molar-refractivity contribution in [2.75, 3.05) is 38.4 Å². The van der Waals surface area contributed by atoms with E-state index in [0.29, 0.717) is 23.0 Å². The number of pyridine rings is 1. The third kappa shape index (κ3) is 6.67. The average Bonchev–Trinajstić information content (AvgIpc) is 2.82. The lowest BCUT2D eigenvalue weighted by molar-refractivity contribution is 0.0644. The van der Waals surface area contributed by atoms with Crippen LogP contribution >= 0.6 is 9.24 Å². The molecule has 2 heterocycles. The maximum absolute atomic E-state index is 13.2. The molecule has 2 rings (SSSR count). The normalized spacial score (nSPS) is 14.1. The number of fused-ring (bicyclic) bond motifs is 1. The third-order valence-electron chi connectivity index (χ3n) is 5.23. The molecule has 10 heteroatoms. The van der Waals surface area contributed by atoms with E-state index in [9.17, 15) is 18.8 Å². The summed E-state index contributed by atoms with van der Waals surface area (Å²) in [5.74, 6) is -0.425. The maximum Gasteiger partial charge on any atom is 0.274 e. The van der Waals surface area contributed by atoms with Gasteiger partial charge in [0, 0.05) is 25.4 Å². The summed E-state index contributed by atoms with van der Waals surface area (Å²) < 4.78 is 19.4. The summed E-state index contributed by atoms with van der Waals surface area (Å²) in [5, 5.41) is 4.94. The number of nitrogens with zero attached hydrogens (tertiary/aromatic N) is 3. The zero-order valence-corrected chi connectivity index (χ0v) is 21.1. The van der Waals surface area contributed by atoms with Crippen LogP contribution in [0.5, 0.6) is 0 Å². The quantitative estimate of drug-likeness (QED) is 0.287. The van der Waals surface area contributed by atoms with Crippen molar-refractivity contribution in [2.45, 2.75) is 6.92 Å². The van der Waals surface area contributed by atoms with Gasteiger partial charge in [0.15, 0.2) is 5.43 Å². The van der Waals surface area contributed by atoms with E-state index < -0.39 is 11.3 Å². The zero-order valence-electron chi connectivity index (χ0n) is 19.9. The molecule has 0 aromatic carbocycles. The first-order chi connectivity index (χ1) is 16.7. The van der Waals surface area contributed by atoms with Crippen molar-refractivity contribution in [3.05, 3.63) is 106 Å². The molecule has 1 aromatic heterocycles. The highest BCUT2D eigenvalue weighted by molar-refractivity contribution is 7.23. The largest absolute Gasteiger partial charge is 0.492 e. The summed E-state index contributed by atoms with van der Waals surface area (Å²) in [7, 11) is 4.13. The van der Waals surface area contributed by atoms with Gasteiger partial charge in [0.05, 0.1) is 12.9 Å². The highest BCUT2D eigenvalue weighted by atomic mass is 31.0. The molecular weight excluding hydrogens is 470 g/mol. The van der Waals surface area contributed by atoms with Gasteiger partial charge >= 0.3 is 0 Å². The Morgan fingerprint density at radius 2 is 2.03 bits per heavy atom. The highest BCUT2D eigenvalue weighted by Gasteiger charge is 2.31. The van der Waals surface area contributed by atoms with Gasteiger partial charge < -0.3 is 15.0 Å². The third-order valence-corrected chi connectivity index (χ3v) is 5.60. The SMILES string of the molecule is C=C/C=C(\C=C)OCCN1CN(C)n2cc(C(=O)NC/C(=C/C=C/F)C(=C)P)c(=O)c(C)c2C1=O. The number of hydrogen-bond acceptors (Lipinski definition) is 5. The number of ether oxygens (including phenoxy) is 1. The number of carbonyl (C=O) groups excluding carboxylic acids is 2. The van der Waals surface area contributed by atoms with Gasteiger partial charge in [-0.3, -0.25) is 24.1 Å². The number of amides is 2. The number of nitrogens with one attached hydrogen (secondary N) is 1. The fourth-order valence-electron chi connectivity index (χ4n) is 3.39. The summed E-state index contributed by atoms with van der Waals surface area (Å²) in [6, 6.07) is 0. The van der Waals surface area contributed by atoms with Crippen molar-refractivity contribution in [1.29, 1.82) is 0 Å². The Labute approximate surface area is 206 Å². The van der Waals surface area contributed by atoms with Crippen molar-refractivity contribution in [1.82, 2.24) is 14.9 Å². The summed E-state index contributed by atoms with van der Waals surface area (Å²) in [4.78, 5) is 40.5. The summed E-state index contributed by atoms with van der Waals surface area (Å²) >= 11 is 0. The highest BCUT2D eigenvalue weighted by Crippen LogP contribution is 2.17. The van der Waals surface area contributed by atoms with E-state index in [1.165, 1.54) is 29.9 Å². The first-order valence-corrected chi connectivity index (χ1v) is 11.3. The second-order valence-electron chi connectivity index (χ2n) is 7.63. The molecule has 0 bridgehead atoms. The molecule has 0 radical (unpaired) electrons. The molecule has 1 N–H and O–H groups in total. The summed E-state index contributed by atoms with van der Waals surface area (Å²) in [6.45, 7) is 13.3. The molecule has 8 nitrogen and oxygen atoms in total. The van der Waals surface area contributed by atoms with Gasteiger partial charge in [0.2, 0.25) is 0 Å². The number of carbonyl (C=O) groups is 2. The van der Waals surface area contributed by atoms with E-state index in [1.54, 1.807) is 35.2 Å². The second-order valence-corrected chi connectivity index (χ2v) is 8.33. The Bertz CT molecular complexity index is 1180. The molecule has 0 saturated heterocycles. The van der Waals surface area contributed by atoms with E-state index in [0.717, 1.165) is 0 Å². The molecule has 1 atom stereocenters. The molecule has 0 aliphatic carbocycles. The number of aromatic nitrogens is 1. The van der Waals surface area contributed by atoms with Crippen LogP contribution in [0.3, 0.4) is 0 Å². The monoisotopic (exact) mass is 500 g/mol. The van der Waals surface area contributed by atoms with Crippen LogP contribution in [0.25, 0.3) is 0 Å². The molecule has 1 aromatic rings. The predicted molar refractivity (Wildman–Crippen MR) is 139 cm³/mol. The summed E-state index contributed by atoms with van der Waals surface area (Å²) in [6.07, 6.45) is 9.16. The minimum atomic E-state index is -0.614. The molecule has 0 fully saturated rings. The van der Waals surface area contributed by atoms with E-state index in [2.05, 4.69) is 34.3 Å². The van der Waals surface area contributed by atoms with Crippen molar-refractivity contribution < 1.29 is 18.7 Å². The van der Waals surface area contributed by atoms with Gasteiger partial charge in [-0.2, -0.15) is 0 Å². The Hall–Kier alpha value is -3.71. The van der Waals surface area contributed by atoms with Crippen molar-refractivity contribution in [3.8, 4) is 0 Å². The fourth-order valence-corrected chi connectivity index (χ4v) is 3.58. The number of halogens is 1.